The van der Waals surface area contributed by atoms with E-state index in [1.807, 2.05) is 24.3 Å². The Hall–Kier alpha value is -2.93. The Morgan fingerprint density at radius 1 is 0.852 bits per heavy atom. The summed E-state index contributed by atoms with van der Waals surface area (Å²) >= 11 is 0. The molecule has 0 aliphatic heterocycles. The van der Waals surface area contributed by atoms with Crippen molar-refractivity contribution in [1.29, 1.82) is 0 Å². The molecule has 7 heteroatoms. The lowest BCUT2D eigenvalue weighted by Crippen LogP contribution is -2.31. The van der Waals surface area contributed by atoms with E-state index in [-0.39, 0.29) is 5.91 Å². The van der Waals surface area contributed by atoms with Crippen LogP contribution >= 0.6 is 0 Å². The molecule has 0 saturated heterocycles. The van der Waals surface area contributed by atoms with Crippen LogP contribution in [0.15, 0.2) is 36.4 Å². The van der Waals surface area contributed by atoms with Crippen molar-refractivity contribution in [3.8, 4) is 23.0 Å². The molecule has 0 heterocycles. The summed E-state index contributed by atoms with van der Waals surface area (Å²) in [6.07, 6.45) is 0. The first-order valence-corrected chi connectivity index (χ1v) is 8.55. The summed E-state index contributed by atoms with van der Waals surface area (Å²) in [6.45, 7) is 1.75. The minimum atomic E-state index is -0.214. The first-order chi connectivity index (χ1) is 13.1. The highest BCUT2D eigenvalue weighted by Gasteiger charge is 2.16. The Morgan fingerprint density at radius 3 is 2.07 bits per heavy atom. The molecule has 0 spiro atoms. The van der Waals surface area contributed by atoms with Gasteiger partial charge in [-0.1, -0.05) is 18.2 Å². The normalized spacial score (nSPS) is 10.2. The molecule has 27 heavy (non-hydrogen) atoms. The number of nitrogens with one attached hydrogen (secondary N) is 2. The van der Waals surface area contributed by atoms with Crippen LogP contribution in [-0.2, 0) is 6.54 Å². The maximum absolute atomic E-state index is 12.4. The van der Waals surface area contributed by atoms with Gasteiger partial charge in [0.25, 0.3) is 5.91 Å². The van der Waals surface area contributed by atoms with Crippen LogP contribution in [0.1, 0.15) is 15.9 Å². The molecule has 1 amide bonds. The molecule has 0 bridgehead atoms. The molecule has 0 aromatic heterocycles. The van der Waals surface area contributed by atoms with Crippen LogP contribution < -0.4 is 29.6 Å². The molecule has 7 nitrogen and oxygen atoms in total. The number of ether oxygens (including phenoxy) is 4. The van der Waals surface area contributed by atoms with Gasteiger partial charge in [-0.25, -0.2) is 0 Å². The lowest BCUT2D eigenvalue weighted by molar-refractivity contribution is 0.0953. The van der Waals surface area contributed by atoms with E-state index in [9.17, 15) is 4.79 Å². The second-order valence-corrected chi connectivity index (χ2v) is 5.66. The first-order valence-electron chi connectivity index (χ1n) is 8.55. The molecule has 0 unspecified atom stereocenters. The lowest BCUT2D eigenvalue weighted by Gasteiger charge is -2.14. The molecule has 0 aliphatic carbocycles. The van der Waals surface area contributed by atoms with Gasteiger partial charge in [0.05, 0.1) is 28.4 Å². The third kappa shape index (κ3) is 5.27. The van der Waals surface area contributed by atoms with E-state index in [0.717, 1.165) is 11.3 Å². The van der Waals surface area contributed by atoms with Crippen molar-refractivity contribution in [2.75, 3.05) is 41.5 Å². The Kier molecular flexibility index (Phi) is 7.76. The van der Waals surface area contributed by atoms with E-state index >= 15 is 0 Å². The highest BCUT2D eigenvalue weighted by molar-refractivity contribution is 5.95. The maximum Gasteiger partial charge on any atom is 0.251 e. The SMILES string of the molecule is COc1ccccc1CNCCNC(=O)c1cc(OC)c(OC)c(OC)c1. The fourth-order valence-corrected chi connectivity index (χ4v) is 2.65. The molecule has 2 aromatic rings. The number of benzene rings is 2. The van der Waals surface area contributed by atoms with Gasteiger partial charge in [-0.3, -0.25) is 4.79 Å². The van der Waals surface area contributed by atoms with Gasteiger partial charge >= 0.3 is 0 Å². The van der Waals surface area contributed by atoms with Gasteiger partial charge < -0.3 is 29.6 Å². The third-order valence-electron chi connectivity index (χ3n) is 4.02. The maximum atomic E-state index is 12.4. The summed E-state index contributed by atoms with van der Waals surface area (Å²) in [5.41, 5.74) is 1.50. The molecular formula is C20H26N2O5. The average Bonchev–Trinajstić information content (AvgIpc) is 2.72. The van der Waals surface area contributed by atoms with Gasteiger partial charge in [-0.15, -0.1) is 0 Å². The van der Waals surface area contributed by atoms with Gasteiger partial charge in [0.2, 0.25) is 5.75 Å². The lowest BCUT2D eigenvalue weighted by atomic mass is 10.1. The summed E-state index contributed by atoms with van der Waals surface area (Å²) < 4.78 is 21.1. The smallest absolute Gasteiger partial charge is 0.251 e. The van der Waals surface area contributed by atoms with Crippen LogP contribution in [0.5, 0.6) is 23.0 Å². The Morgan fingerprint density at radius 2 is 1.48 bits per heavy atom. The fraction of sp³-hybridized carbons (Fsp3) is 0.350. The summed E-state index contributed by atoms with van der Waals surface area (Å²) in [4.78, 5) is 12.4. The van der Waals surface area contributed by atoms with Gasteiger partial charge in [0.1, 0.15) is 5.75 Å². The molecule has 2 aromatic carbocycles. The zero-order chi connectivity index (χ0) is 19.6. The molecular weight excluding hydrogens is 348 g/mol. The predicted octanol–water partition coefficient (Wildman–Crippen LogP) is 2.24. The summed E-state index contributed by atoms with van der Waals surface area (Å²) in [7, 11) is 6.20. The zero-order valence-electron chi connectivity index (χ0n) is 16.1. The number of carbonyl (C=O) groups excluding carboxylic acids is 1. The topological polar surface area (TPSA) is 78.1 Å². The second-order valence-electron chi connectivity index (χ2n) is 5.66. The molecule has 0 radical (unpaired) electrons. The van der Waals surface area contributed by atoms with Gasteiger partial charge in [0.15, 0.2) is 11.5 Å². The minimum absolute atomic E-state index is 0.214. The van der Waals surface area contributed by atoms with Crippen LogP contribution in [0, 0.1) is 0 Å². The van der Waals surface area contributed by atoms with Gasteiger partial charge in [-0.05, 0) is 18.2 Å². The highest BCUT2D eigenvalue weighted by Crippen LogP contribution is 2.38. The summed E-state index contributed by atoms with van der Waals surface area (Å²) in [6, 6.07) is 11.1. The Balaban J connectivity index is 1.88. The van der Waals surface area contributed by atoms with Crippen LogP contribution in [0.25, 0.3) is 0 Å². The largest absolute Gasteiger partial charge is 0.496 e. The molecule has 2 rings (SSSR count). The Bertz CT molecular complexity index is 739. The van der Waals surface area contributed by atoms with Crippen molar-refractivity contribution in [3.05, 3.63) is 47.5 Å². The highest BCUT2D eigenvalue weighted by atomic mass is 16.5. The van der Waals surface area contributed by atoms with Crippen molar-refractivity contribution < 1.29 is 23.7 Å². The number of rotatable bonds is 10. The van der Waals surface area contributed by atoms with Crippen molar-refractivity contribution in [2.45, 2.75) is 6.54 Å². The molecule has 2 N–H and O–H groups in total. The number of methoxy groups -OCH3 is 4. The molecule has 146 valence electrons. The van der Waals surface area contributed by atoms with Crippen molar-refractivity contribution >= 4 is 5.91 Å². The van der Waals surface area contributed by atoms with Gasteiger partial charge in [-0.2, -0.15) is 0 Å². The zero-order valence-corrected chi connectivity index (χ0v) is 16.1. The van der Waals surface area contributed by atoms with Crippen molar-refractivity contribution in [3.63, 3.8) is 0 Å². The monoisotopic (exact) mass is 374 g/mol. The van der Waals surface area contributed by atoms with Gasteiger partial charge in [0, 0.05) is 30.8 Å². The summed E-state index contributed by atoms with van der Waals surface area (Å²) in [5, 5.41) is 6.15. The third-order valence-corrected chi connectivity index (χ3v) is 4.02. The fourth-order valence-electron chi connectivity index (χ4n) is 2.65. The van der Waals surface area contributed by atoms with Crippen molar-refractivity contribution in [1.82, 2.24) is 10.6 Å². The van der Waals surface area contributed by atoms with Crippen LogP contribution in [0.2, 0.25) is 0 Å². The number of hydrogen-bond donors (Lipinski definition) is 2. The number of hydrogen-bond acceptors (Lipinski definition) is 6. The standard InChI is InChI=1S/C20H26N2O5/c1-24-16-8-6-5-7-14(16)13-21-9-10-22-20(23)15-11-17(25-2)19(27-4)18(12-15)26-3/h5-8,11-12,21H,9-10,13H2,1-4H3,(H,22,23). The van der Waals surface area contributed by atoms with E-state index in [1.165, 1.54) is 21.3 Å². The molecule has 0 fully saturated rings. The Labute approximate surface area is 159 Å². The minimum Gasteiger partial charge on any atom is -0.496 e. The van der Waals surface area contributed by atoms with E-state index in [2.05, 4.69) is 10.6 Å². The number of carbonyl (C=O) groups is 1. The quantitative estimate of drug-likeness (QED) is 0.621. The summed E-state index contributed by atoms with van der Waals surface area (Å²) in [5.74, 6) is 1.96. The first kappa shape index (κ1) is 20.4. The van der Waals surface area contributed by atoms with Crippen molar-refractivity contribution in [2.24, 2.45) is 0 Å². The molecule has 0 saturated carbocycles. The van der Waals surface area contributed by atoms with E-state index in [1.54, 1.807) is 19.2 Å². The molecule has 0 atom stereocenters. The van der Waals surface area contributed by atoms with Crippen LogP contribution in [-0.4, -0.2) is 47.4 Å². The van der Waals surface area contributed by atoms with E-state index in [4.69, 9.17) is 18.9 Å². The average molecular weight is 374 g/mol. The van der Waals surface area contributed by atoms with Crippen LogP contribution in [0.4, 0.5) is 0 Å². The predicted molar refractivity (Wildman–Crippen MR) is 103 cm³/mol. The van der Waals surface area contributed by atoms with Crippen LogP contribution in [0.3, 0.4) is 0 Å². The van der Waals surface area contributed by atoms with E-state index < -0.39 is 0 Å². The number of para-hydroxylation sites is 1. The molecule has 0 aliphatic rings. The van der Waals surface area contributed by atoms with E-state index in [0.29, 0.717) is 42.4 Å². The number of amides is 1. The second kappa shape index (κ2) is 10.3.